The number of halogens is 2. The summed E-state index contributed by atoms with van der Waals surface area (Å²) >= 11 is 6.14. The summed E-state index contributed by atoms with van der Waals surface area (Å²) in [5.74, 6) is 0.0386. The lowest BCUT2D eigenvalue weighted by atomic mass is 9.88. The van der Waals surface area contributed by atoms with Gasteiger partial charge in [-0.3, -0.25) is 4.79 Å². The van der Waals surface area contributed by atoms with Crippen LogP contribution in [0.25, 0.3) is 0 Å². The molecule has 3 N–H and O–H groups in total. The molecule has 0 unspecified atom stereocenters. The van der Waals surface area contributed by atoms with Gasteiger partial charge in [0, 0.05) is 10.7 Å². The van der Waals surface area contributed by atoms with Crippen LogP contribution in [-0.2, 0) is 16.8 Å². The first-order valence-electron chi connectivity index (χ1n) is 7.99. The molecule has 0 atom stereocenters. The van der Waals surface area contributed by atoms with E-state index in [1.165, 1.54) is 0 Å². The topological polar surface area (TPSA) is 55.1 Å². The third kappa shape index (κ3) is 4.22. The quantitative estimate of drug-likeness (QED) is 0.786. The van der Waals surface area contributed by atoms with Gasteiger partial charge in [-0.1, -0.05) is 48.7 Å². The molecule has 128 valence electrons. The molecule has 0 radical (unpaired) electrons. The van der Waals surface area contributed by atoms with Crippen LogP contribution in [0.2, 0.25) is 5.02 Å². The summed E-state index contributed by atoms with van der Waals surface area (Å²) in [6.07, 6.45) is 4.52. The van der Waals surface area contributed by atoms with Gasteiger partial charge in [-0.05, 0) is 48.2 Å². The van der Waals surface area contributed by atoms with Crippen molar-refractivity contribution in [2.24, 2.45) is 0 Å². The molecular weight excluding hydrogens is 343 g/mol. The van der Waals surface area contributed by atoms with Gasteiger partial charge in [0.2, 0.25) is 5.91 Å². The Balaban J connectivity index is 0.00000208. The van der Waals surface area contributed by atoms with Crippen molar-refractivity contribution in [2.75, 3.05) is 5.73 Å². The first-order valence-corrected chi connectivity index (χ1v) is 8.37. The van der Waals surface area contributed by atoms with Crippen molar-refractivity contribution in [3.8, 4) is 0 Å². The molecule has 24 heavy (non-hydrogen) atoms. The molecule has 1 amide bonds. The van der Waals surface area contributed by atoms with E-state index < -0.39 is 0 Å². The molecular formula is C19H22Cl2N2O. The van der Waals surface area contributed by atoms with Crippen molar-refractivity contribution >= 4 is 35.6 Å². The first-order chi connectivity index (χ1) is 11.1. The van der Waals surface area contributed by atoms with Crippen molar-refractivity contribution in [1.29, 1.82) is 0 Å². The predicted molar refractivity (Wildman–Crippen MR) is 102 cm³/mol. The van der Waals surface area contributed by atoms with Gasteiger partial charge in [0.1, 0.15) is 0 Å². The maximum Gasteiger partial charge on any atom is 0.225 e. The fraction of sp³-hybridized carbons (Fsp3) is 0.316. The third-order valence-electron chi connectivity index (χ3n) is 4.56. The largest absolute Gasteiger partial charge is 0.399 e. The molecule has 5 heteroatoms. The molecule has 0 heterocycles. The van der Waals surface area contributed by atoms with E-state index >= 15 is 0 Å². The number of carbonyl (C=O) groups is 1. The summed E-state index contributed by atoms with van der Waals surface area (Å²) in [5.41, 5.74) is 8.19. The zero-order valence-corrected chi connectivity index (χ0v) is 15.0. The van der Waals surface area contributed by atoms with Crippen molar-refractivity contribution in [3.05, 3.63) is 64.7 Å². The Labute approximate surface area is 154 Å². The highest BCUT2D eigenvalue weighted by molar-refractivity contribution is 6.30. The third-order valence-corrected chi connectivity index (χ3v) is 4.79. The van der Waals surface area contributed by atoms with Crippen LogP contribution >= 0.6 is 24.0 Å². The smallest absolute Gasteiger partial charge is 0.225 e. The van der Waals surface area contributed by atoms with Crippen molar-refractivity contribution in [3.63, 3.8) is 0 Å². The minimum atomic E-state index is -0.282. The summed E-state index contributed by atoms with van der Waals surface area (Å²) in [6.45, 7) is 0. The van der Waals surface area contributed by atoms with Gasteiger partial charge in [-0.25, -0.2) is 0 Å². The highest BCUT2D eigenvalue weighted by Crippen LogP contribution is 2.39. The summed E-state index contributed by atoms with van der Waals surface area (Å²) in [4.78, 5) is 12.5. The summed E-state index contributed by atoms with van der Waals surface area (Å²) in [5, 5.41) is 3.98. The number of nitrogen functional groups attached to an aromatic ring is 1. The van der Waals surface area contributed by atoms with Crippen LogP contribution in [-0.4, -0.2) is 5.91 Å². The second kappa shape index (κ2) is 7.91. The number of carbonyl (C=O) groups excluding carboxylic acids is 1. The second-order valence-corrected chi connectivity index (χ2v) is 6.70. The van der Waals surface area contributed by atoms with E-state index in [-0.39, 0.29) is 23.9 Å². The molecule has 2 aromatic rings. The Morgan fingerprint density at radius 3 is 2.42 bits per heavy atom. The number of rotatable bonds is 4. The van der Waals surface area contributed by atoms with E-state index in [0.717, 1.165) is 36.8 Å². The van der Waals surface area contributed by atoms with Gasteiger partial charge >= 0.3 is 0 Å². The average molecular weight is 365 g/mol. The monoisotopic (exact) mass is 364 g/mol. The van der Waals surface area contributed by atoms with E-state index in [9.17, 15) is 4.79 Å². The molecule has 0 aliphatic heterocycles. The van der Waals surface area contributed by atoms with Gasteiger partial charge in [-0.2, -0.15) is 0 Å². The van der Waals surface area contributed by atoms with Crippen LogP contribution in [0, 0.1) is 0 Å². The number of nitrogens with one attached hydrogen (secondary N) is 1. The SMILES string of the molecule is Cl.Nc1ccc(CC(=O)NC2(c3cccc(Cl)c3)CCCC2)cc1. The Kier molecular flexibility index (Phi) is 6.14. The highest BCUT2D eigenvalue weighted by Gasteiger charge is 2.37. The molecule has 0 aromatic heterocycles. The van der Waals surface area contributed by atoms with Crippen molar-refractivity contribution < 1.29 is 4.79 Å². The molecule has 3 nitrogen and oxygen atoms in total. The van der Waals surface area contributed by atoms with Crippen LogP contribution in [0.5, 0.6) is 0 Å². The van der Waals surface area contributed by atoms with Gasteiger partial charge in [0.05, 0.1) is 12.0 Å². The molecule has 0 saturated heterocycles. The Bertz CT molecular complexity index is 695. The maximum absolute atomic E-state index is 12.5. The van der Waals surface area contributed by atoms with Crippen molar-refractivity contribution in [2.45, 2.75) is 37.6 Å². The lowest BCUT2D eigenvalue weighted by Crippen LogP contribution is -2.44. The molecule has 1 fully saturated rings. The summed E-state index contributed by atoms with van der Waals surface area (Å²) in [6, 6.07) is 15.3. The summed E-state index contributed by atoms with van der Waals surface area (Å²) < 4.78 is 0. The van der Waals surface area contributed by atoms with Gasteiger partial charge in [0.25, 0.3) is 0 Å². The minimum absolute atomic E-state index is 0. The lowest BCUT2D eigenvalue weighted by molar-refractivity contribution is -0.122. The Morgan fingerprint density at radius 2 is 1.79 bits per heavy atom. The molecule has 1 aliphatic carbocycles. The number of hydrogen-bond donors (Lipinski definition) is 2. The second-order valence-electron chi connectivity index (χ2n) is 6.27. The van der Waals surface area contributed by atoms with Gasteiger partial charge in [0.15, 0.2) is 0 Å². The molecule has 0 bridgehead atoms. The lowest BCUT2D eigenvalue weighted by Gasteiger charge is -2.31. The minimum Gasteiger partial charge on any atom is -0.399 e. The number of amides is 1. The average Bonchev–Trinajstić information content (AvgIpc) is 2.99. The van der Waals surface area contributed by atoms with Gasteiger partial charge in [-0.15, -0.1) is 12.4 Å². The summed E-state index contributed by atoms with van der Waals surface area (Å²) in [7, 11) is 0. The number of anilines is 1. The molecule has 2 aromatic carbocycles. The van der Waals surface area contributed by atoms with Crippen molar-refractivity contribution in [1.82, 2.24) is 5.32 Å². The van der Waals surface area contributed by atoms with Crippen LogP contribution in [0.1, 0.15) is 36.8 Å². The predicted octanol–water partition coefficient (Wildman–Crippen LogP) is 4.47. The van der Waals surface area contributed by atoms with E-state index in [2.05, 4.69) is 11.4 Å². The van der Waals surface area contributed by atoms with E-state index in [1.54, 1.807) is 0 Å². The normalized spacial score (nSPS) is 15.5. The number of nitrogens with two attached hydrogens (primary N) is 1. The molecule has 1 aliphatic rings. The van der Waals surface area contributed by atoms with Gasteiger partial charge < -0.3 is 11.1 Å². The van der Waals surface area contributed by atoms with E-state index in [1.807, 2.05) is 42.5 Å². The molecule has 3 rings (SSSR count). The maximum atomic E-state index is 12.5. The zero-order chi connectivity index (χ0) is 16.3. The fourth-order valence-electron chi connectivity index (χ4n) is 3.38. The van der Waals surface area contributed by atoms with Crippen LogP contribution < -0.4 is 11.1 Å². The van der Waals surface area contributed by atoms with E-state index in [4.69, 9.17) is 17.3 Å². The molecule has 1 saturated carbocycles. The Morgan fingerprint density at radius 1 is 1.12 bits per heavy atom. The van der Waals surface area contributed by atoms with Crippen LogP contribution in [0.3, 0.4) is 0 Å². The van der Waals surface area contributed by atoms with Crippen LogP contribution in [0.15, 0.2) is 48.5 Å². The number of benzene rings is 2. The Hall–Kier alpha value is -1.71. The standard InChI is InChI=1S/C19H21ClN2O.ClH/c20-16-5-3-4-15(13-16)19(10-1-2-11-19)22-18(23)12-14-6-8-17(21)9-7-14;/h3-9,13H,1-2,10-12,21H2,(H,22,23);1H. The number of hydrogen-bond acceptors (Lipinski definition) is 2. The highest BCUT2D eigenvalue weighted by atomic mass is 35.5. The first kappa shape index (κ1) is 18.6. The van der Waals surface area contributed by atoms with E-state index in [0.29, 0.717) is 17.1 Å². The fourth-order valence-corrected chi connectivity index (χ4v) is 3.57. The zero-order valence-electron chi connectivity index (χ0n) is 13.4. The van der Waals surface area contributed by atoms with Crippen LogP contribution in [0.4, 0.5) is 5.69 Å². The molecule has 0 spiro atoms.